The predicted molar refractivity (Wildman–Crippen MR) is 105 cm³/mol. The van der Waals surface area contributed by atoms with Gasteiger partial charge in [0.25, 0.3) is 5.91 Å². The first kappa shape index (κ1) is 21.1. The number of rotatable bonds is 8. The predicted octanol–water partition coefficient (Wildman–Crippen LogP) is 1.51. The summed E-state index contributed by atoms with van der Waals surface area (Å²) in [6, 6.07) is 9.04. The number of carbonyl (C=O) groups excluding carboxylic acids is 2. The third-order valence-corrected chi connectivity index (χ3v) is 5.74. The minimum atomic E-state index is -3.71. The minimum Gasteiger partial charge on any atom is -0.354 e. The van der Waals surface area contributed by atoms with Crippen LogP contribution in [0.2, 0.25) is 0 Å². The molecule has 0 bridgehead atoms. The van der Waals surface area contributed by atoms with Gasteiger partial charge in [-0.1, -0.05) is 32.0 Å². The third-order valence-electron chi connectivity index (χ3n) is 3.95. The molecule has 0 radical (unpaired) electrons. The van der Waals surface area contributed by atoms with Crippen LogP contribution in [-0.2, 0) is 21.2 Å². The molecule has 0 spiro atoms. The summed E-state index contributed by atoms with van der Waals surface area (Å²) >= 11 is 1.32. The van der Waals surface area contributed by atoms with E-state index in [1.165, 1.54) is 23.5 Å². The van der Waals surface area contributed by atoms with Gasteiger partial charge in [0.15, 0.2) is 0 Å². The lowest BCUT2D eigenvalue weighted by atomic mass is 10.0. The second kappa shape index (κ2) is 9.12. The first-order chi connectivity index (χ1) is 12.7. The summed E-state index contributed by atoms with van der Waals surface area (Å²) in [5, 5.41) is 12.5. The molecule has 0 aliphatic carbocycles. The summed E-state index contributed by atoms with van der Waals surface area (Å²) in [5.74, 6) is -0.587. The topological polar surface area (TPSA) is 118 Å². The Morgan fingerprint density at radius 2 is 1.81 bits per heavy atom. The monoisotopic (exact) mass is 409 g/mol. The lowest BCUT2D eigenvalue weighted by Gasteiger charge is -2.21. The number of thiophene rings is 1. The fraction of sp³-hybridized carbons (Fsp3) is 0.333. The molecule has 146 valence electrons. The van der Waals surface area contributed by atoms with Crippen molar-refractivity contribution in [3.8, 4) is 0 Å². The van der Waals surface area contributed by atoms with Crippen molar-refractivity contribution in [2.45, 2.75) is 31.2 Å². The van der Waals surface area contributed by atoms with Gasteiger partial charge in [0.05, 0.1) is 9.77 Å². The summed E-state index contributed by atoms with van der Waals surface area (Å²) in [5.41, 5.74) is 0.867. The van der Waals surface area contributed by atoms with Crippen LogP contribution in [-0.4, -0.2) is 32.8 Å². The van der Waals surface area contributed by atoms with Gasteiger partial charge in [-0.15, -0.1) is 11.3 Å². The fourth-order valence-electron chi connectivity index (χ4n) is 2.44. The fourth-order valence-corrected chi connectivity index (χ4v) is 3.58. The molecule has 0 aliphatic rings. The highest BCUT2D eigenvalue weighted by molar-refractivity contribution is 7.89. The van der Waals surface area contributed by atoms with Crippen LogP contribution in [0.4, 0.5) is 0 Å². The van der Waals surface area contributed by atoms with Crippen molar-refractivity contribution in [3.05, 3.63) is 52.2 Å². The van der Waals surface area contributed by atoms with E-state index in [9.17, 15) is 18.0 Å². The van der Waals surface area contributed by atoms with Gasteiger partial charge in [0.2, 0.25) is 15.9 Å². The van der Waals surface area contributed by atoms with E-state index in [0.717, 1.165) is 5.56 Å². The van der Waals surface area contributed by atoms with Crippen LogP contribution in [0.3, 0.4) is 0 Å². The van der Waals surface area contributed by atoms with E-state index in [4.69, 9.17) is 5.14 Å². The van der Waals surface area contributed by atoms with Gasteiger partial charge < -0.3 is 10.6 Å². The van der Waals surface area contributed by atoms with Crippen molar-refractivity contribution >= 4 is 33.2 Å². The van der Waals surface area contributed by atoms with Crippen LogP contribution in [0.25, 0.3) is 0 Å². The SMILES string of the molecule is CC(C)[C@@H](NC(=O)c1cccs1)C(=O)NCCc1ccc(S(N)(=O)=O)cc1. The van der Waals surface area contributed by atoms with Gasteiger partial charge in [-0.25, -0.2) is 13.6 Å². The van der Waals surface area contributed by atoms with E-state index in [-0.39, 0.29) is 22.6 Å². The van der Waals surface area contributed by atoms with Gasteiger partial charge in [0, 0.05) is 6.54 Å². The lowest BCUT2D eigenvalue weighted by molar-refractivity contribution is -0.123. The van der Waals surface area contributed by atoms with Crippen molar-refractivity contribution in [1.29, 1.82) is 0 Å². The Labute approximate surface area is 163 Å². The Kier molecular flexibility index (Phi) is 7.11. The molecule has 0 aliphatic heterocycles. The van der Waals surface area contributed by atoms with E-state index in [1.807, 2.05) is 13.8 Å². The summed E-state index contributed by atoms with van der Waals surface area (Å²) in [4.78, 5) is 25.2. The van der Waals surface area contributed by atoms with Gasteiger partial charge >= 0.3 is 0 Å². The van der Waals surface area contributed by atoms with E-state index in [1.54, 1.807) is 29.6 Å². The number of hydrogen-bond donors (Lipinski definition) is 3. The van der Waals surface area contributed by atoms with Crippen molar-refractivity contribution in [2.75, 3.05) is 6.54 Å². The molecule has 1 aromatic heterocycles. The summed E-state index contributed by atoms with van der Waals surface area (Å²) < 4.78 is 22.5. The number of hydrogen-bond acceptors (Lipinski definition) is 5. The van der Waals surface area contributed by atoms with Crippen molar-refractivity contribution < 1.29 is 18.0 Å². The maximum absolute atomic E-state index is 12.4. The minimum absolute atomic E-state index is 0.0476. The zero-order chi connectivity index (χ0) is 20.0. The Hall–Kier alpha value is -2.23. The molecule has 2 aromatic rings. The number of benzene rings is 1. The summed E-state index contributed by atoms with van der Waals surface area (Å²) in [6.45, 7) is 4.10. The normalized spacial score (nSPS) is 12.6. The summed E-state index contributed by atoms with van der Waals surface area (Å²) in [7, 11) is -3.71. The lowest BCUT2D eigenvalue weighted by Crippen LogP contribution is -2.49. The maximum atomic E-state index is 12.4. The van der Waals surface area contributed by atoms with Gasteiger partial charge in [-0.3, -0.25) is 9.59 Å². The molecule has 0 saturated carbocycles. The van der Waals surface area contributed by atoms with E-state index in [0.29, 0.717) is 17.8 Å². The Balaban J connectivity index is 1.89. The molecule has 27 heavy (non-hydrogen) atoms. The van der Waals surface area contributed by atoms with Gasteiger partial charge in [0.1, 0.15) is 6.04 Å². The summed E-state index contributed by atoms with van der Waals surface area (Å²) in [6.07, 6.45) is 0.528. The molecular formula is C18H23N3O4S2. The second-order valence-corrected chi connectivity index (χ2v) is 8.91. The molecule has 1 atom stereocenters. The molecule has 2 rings (SSSR count). The van der Waals surface area contributed by atoms with E-state index in [2.05, 4.69) is 10.6 Å². The van der Waals surface area contributed by atoms with Crippen LogP contribution in [0.5, 0.6) is 0 Å². The zero-order valence-corrected chi connectivity index (χ0v) is 16.8. The van der Waals surface area contributed by atoms with Crippen LogP contribution in [0, 0.1) is 5.92 Å². The van der Waals surface area contributed by atoms with Crippen LogP contribution in [0.1, 0.15) is 29.1 Å². The number of nitrogens with two attached hydrogens (primary N) is 1. The standard InChI is InChI=1S/C18H23N3O4S2/c1-12(2)16(21-17(22)15-4-3-11-26-15)18(23)20-10-9-13-5-7-14(8-6-13)27(19,24)25/h3-8,11-12,16H,9-10H2,1-2H3,(H,20,23)(H,21,22)(H2,19,24,25)/t16-/m1/s1. The quantitative estimate of drug-likeness (QED) is 0.612. The Bertz CT molecular complexity index is 876. The number of nitrogens with one attached hydrogen (secondary N) is 2. The van der Waals surface area contributed by atoms with Gasteiger partial charge in [-0.05, 0) is 41.5 Å². The van der Waals surface area contributed by atoms with Crippen LogP contribution in [0.15, 0.2) is 46.7 Å². The largest absolute Gasteiger partial charge is 0.354 e. The molecule has 1 aromatic carbocycles. The first-order valence-electron chi connectivity index (χ1n) is 8.42. The number of carbonyl (C=O) groups is 2. The van der Waals surface area contributed by atoms with Gasteiger partial charge in [-0.2, -0.15) is 0 Å². The Morgan fingerprint density at radius 3 is 2.33 bits per heavy atom. The van der Waals surface area contributed by atoms with Crippen LogP contribution < -0.4 is 15.8 Å². The molecule has 0 unspecified atom stereocenters. The molecule has 1 heterocycles. The number of primary sulfonamides is 1. The zero-order valence-electron chi connectivity index (χ0n) is 15.1. The molecule has 4 N–H and O–H groups in total. The van der Waals surface area contributed by atoms with Crippen molar-refractivity contribution in [2.24, 2.45) is 11.1 Å². The van der Waals surface area contributed by atoms with E-state index < -0.39 is 16.1 Å². The molecule has 0 saturated heterocycles. The molecular weight excluding hydrogens is 386 g/mol. The number of sulfonamides is 1. The third kappa shape index (κ3) is 6.16. The number of amides is 2. The average molecular weight is 410 g/mol. The smallest absolute Gasteiger partial charge is 0.262 e. The van der Waals surface area contributed by atoms with E-state index >= 15 is 0 Å². The molecule has 0 fully saturated rings. The highest BCUT2D eigenvalue weighted by atomic mass is 32.2. The highest BCUT2D eigenvalue weighted by Gasteiger charge is 2.24. The average Bonchev–Trinajstić information content (AvgIpc) is 3.13. The molecule has 2 amide bonds. The maximum Gasteiger partial charge on any atom is 0.262 e. The molecule has 7 nitrogen and oxygen atoms in total. The van der Waals surface area contributed by atoms with Crippen molar-refractivity contribution in [3.63, 3.8) is 0 Å². The van der Waals surface area contributed by atoms with Crippen molar-refractivity contribution in [1.82, 2.24) is 10.6 Å². The molecule has 9 heteroatoms. The first-order valence-corrected chi connectivity index (χ1v) is 10.8. The van der Waals surface area contributed by atoms with Crippen LogP contribution >= 0.6 is 11.3 Å². The highest BCUT2D eigenvalue weighted by Crippen LogP contribution is 2.11. The second-order valence-electron chi connectivity index (χ2n) is 6.40. The Morgan fingerprint density at radius 1 is 1.15 bits per heavy atom.